The number of hydrogen-bond donors (Lipinski definition) is 1. The smallest absolute Gasteiger partial charge is 0.208 e. The Balaban J connectivity index is 2.31. The second-order valence-corrected chi connectivity index (χ2v) is 6.28. The first-order chi connectivity index (χ1) is 9.51. The first-order valence-corrected chi connectivity index (χ1v) is 7.38. The maximum atomic E-state index is 12.6. The van der Waals surface area contributed by atoms with E-state index in [0.717, 1.165) is 6.08 Å². The van der Waals surface area contributed by atoms with E-state index in [1.54, 1.807) is 30.3 Å². The first-order valence-electron chi connectivity index (χ1n) is 5.90. The maximum absolute atomic E-state index is 12.6. The molecule has 0 saturated carbocycles. The molecule has 0 fully saturated rings. The molecule has 0 atom stereocenters. The number of sulfone groups is 1. The molecular weight excluding hydrogens is 276 g/mol. The second kappa shape index (κ2) is 4.31. The van der Waals surface area contributed by atoms with Crippen molar-refractivity contribution in [1.29, 1.82) is 0 Å². The largest absolute Gasteiger partial charge is 0.507 e. The van der Waals surface area contributed by atoms with Crippen molar-refractivity contribution in [1.82, 2.24) is 0 Å². The molecule has 5 heteroatoms. The van der Waals surface area contributed by atoms with Gasteiger partial charge >= 0.3 is 0 Å². The minimum atomic E-state index is -3.81. The average molecular weight is 286 g/mol. The number of allylic oxidation sites excluding steroid dienone is 1. The fourth-order valence-corrected chi connectivity index (χ4v) is 3.90. The third kappa shape index (κ3) is 1.75. The summed E-state index contributed by atoms with van der Waals surface area (Å²) in [6.07, 6.45) is 1.06. The Kier molecular flexibility index (Phi) is 2.72. The summed E-state index contributed by atoms with van der Waals surface area (Å²) in [5.41, 5.74) is 0.294. The lowest BCUT2D eigenvalue weighted by molar-refractivity contribution is 0.104. The lowest BCUT2D eigenvalue weighted by Gasteiger charge is -2.17. The van der Waals surface area contributed by atoms with Crippen molar-refractivity contribution in [3.63, 3.8) is 0 Å². The highest BCUT2D eigenvalue weighted by Gasteiger charge is 2.33. The van der Waals surface area contributed by atoms with Gasteiger partial charge in [-0.05, 0) is 17.7 Å². The van der Waals surface area contributed by atoms with Crippen molar-refractivity contribution in [2.45, 2.75) is 4.90 Å². The molecule has 2 aromatic rings. The molecule has 0 aliphatic carbocycles. The summed E-state index contributed by atoms with van der Waals surface area (Å²) in [5, 5.41) is 9.70. The summed E-state index contributed by atoms with van der Waals surface area (Å²) < 4.78 is 25.1. The summed E-state index contributed by atoms with van der Waals surface area (Å²) in [6, 6.07) is 12.5. The number of fused-ring (bicyclic) bond motifs is 1. The molecule has 0 unspecified atom stereocenters. The highest BCUT2D eigenvalue weighted by Crippen LogP contribution is 2.37. The van der Waals surface area contributed by atoms with Crippen molar-refractivity contribution in [2.75, 3.05) is 0 Å². The average Bonchev–Trinajstić information content (AvgIpc) is 2.44. The van der Waals surface area contributed by atoms with Gasteiger partial charge in [0.15, 0.2) is 5.78 Å². The normalized spacial score (nSPS) is 16.4. The Morgan fingerprint density at radius 1 is 0.900 bits per heavy atom. The van der Waals surface area contributed by atoms with Crippen LogP contribution in [0, 0.1) is 0 Å². The molecule has 0 aromatic heterocycles. The molecule has 3 rings (SSSR count). The van der Waals surface area contributed by atoms with Crippen LogP contribution < -0.4 is 0 Å². The molecule has 1 aliphatic rings. The Morgan fingerprint density at radius 2 is 1.60 bits per heavy atom. The summed E-state index contributed by atoms with van der Waals surface area (Å²) in [7, 11) is -3.81. The van der Waals surface area contributed by atoms with E-state index in [9.17, 15) is 18.3 Å². The molecular formula is C15H10O4S. The van der Waals surface area contributed by atoms with Crippen LogP contribution in [-0.2, 0) is 9.84 Å². The van der Waals surface area contributed by atoms with Crippen LogP contribution in [0.15, 0.2) is 59.5 Å². The molecule has 0 saturated heterocycles. The van der Waals surface area contributed by atoms with Crippen molar-refractivity contribution in [2.24, 2.45) is 0 Å². The molecule has 20 heavy (non-hydrogen) atoms. The van der Waals surface area contributed by atoms with Crippen LogP contribution in [0.1, 0.15) is 15.9 Å². The number of phenolic OH excluding ortho intramolecular Hbond substituents is 1. The predicted octanol–water partition coefficient (Wildman–Crippen LogP) is 2.40. The molecule has 100 valence electrons. The highest BCUT2D eigenvalue weighted by molar-refractivity contribution is 8.00. The van der Waals surface area contributed by atoms with Gasteiger partial charge in [-0.1, -0.05) is 36.4 Å². The van der Waals surface area contributed by atoms with E-state index in [-0.39, 0.29) is 21.1 Å². The molecule has 1 N–H and O–H groups in total. The number of phenols is 1. The van der Waals surface area contributed by atoms with Gasteiger partial charge in [0, 0.05) is 6.08 Å². The van der Waals surface area contributed by atoms with E-state index in [2.05, 4.69) is 0 Å². The summed E-state index contributed by atoms with van der Waals surface area (Å²) in [5.74, 6) is -0.828. The van der Waals surface area contributed by atoms with E-state index in [1.165, 1.54) is 18.2 Å². The van der Waals surface area contributed by atoms with E-state index < -0.39 is 15.6 Å². The molecule has 0 amide bonds. The van der Waals surface area contributed by atoms with E-state index in [1.807, 2.05) is 0 Å². The van der Waals surface area contributed by atoms with Crippen LogP contribution in [-0.4, -0.2) is 19.3 Å². The van der Waals surface area contributed by atoms with Crippen LogP contribution >= 0.6 is 0 Å². The quantitative estimate of drug-likeness (QED) is 0.873. The van der Waals surface area contributed by atoms with Crippen molar-refractivity contribution in [3.05, 3.63) is 65.7 Å². The molecule has 4 nitrogen and oxygen atoms in total. The molecule has 1 aliphatic heterocycles. The number of aromatic hydroxyl groups is 1. The molecule has 1 heterocycles. The number of carbonyl (C=O) groups excluding carboxylic acids is 1. The Hall–Kier alpha value is -2.40. The standard InChI is InChI=1S/C15H10O4S/c16-11-7-4-8-13-15(11)12(17)9-14(20(13,18)19)10-5-2-1-3-6-10/h1-9,16H. The lowest BCUT2D eigenvalue weighted by Crippen LogP contribution is -2.16. The summed E-state index contributed by atoms with van der Waals surface area (Å²) in [4.78, 5) is 11.9. The zero-order valence-electron chi connectivity index (χ0n) is 10.3. The van der Waals surface area contributed by atoms with Gasteiger partial charge in [0.25, 0.3) is 0 Å². The first kappa shape index (κ1) is 12.6. The zero-order chi connectivity index (χ0) is 14.3. The number of carbonyl (C=O) groups is 1. The summed E-state index contributed by atoms with van der Waals surface area (Å²) >= 11 is 0. The topological polar surface area (TPSA) is 71.4 Å². The van der Waals surface area contributed by atoms with E-state index in [4.69, 9.17) is 0 Å². The van der Waals surface area contributed by atoms with Gasteiger partial charge in [0.2, 0.25) is 9.84 Å². The second-order valence-electron chi connectivity index (χ2n) is 4.39. The van der Waals surface area contributed by atoms with E-state index in [0.29, 0.717) is 5.56 Å². The van der Waals surface area contributed by atoms with Crippen molar-refractivity contribution in [3.8, 4) is 5.75 Å². The van der Waals surface area contributed by atoms with Crippen molar-refractivity contribution < 1.29 is 18.3 Å². The summed E-state index contributed by atoms with van der Waals surface area (Å²) in [6.45, 7) is 0. The third-order valence-electron chi connectivity index (χ3n) is 3.15. The Morgan fingerprint density at radius 3 is 2.30 bits per heavy atom. The Bertz CT molecular complexity index is 833. The van der Waals surface area contributed by atoms with Crippen molar-refractivity contribution >= 4 is 20.5 Å². The minimum absolute atomic E-state index is 0.0406. The Labute approximate surface area is 115 Å². The van der Waals surface area contributed by atoms with Gasteiger partial charge in [-0.25, -0.2) is 8.42 Å². The van der Waals surface area contributed by atoms with Gasteiger partial charge in [-0.2, -0.15) is 0 Å². The highest BCUT2D eigenvalue weighted by atomic mass is 32.2. The zero-order valence-corrected chi connectivity index (χ0v) is 11.1. The molecule has 0 spiro atoms. The van der Waals surface area contributed by atoms with Crippen LogP contribution in [0.5, 0.6) is 5.75 Å². The minimum Gasteiger partial charge on any atom is -0.507 e. The van der Waals surface area contributed by atoms with Crippen LogP contribution in [0.2, 0.25) is 0 Å². The van der Waals surface area contributed by atoms with E-state index >= 15 is 0 Å². The number of rotatable bonds is 1. The SMILES string of the molecule is O=C1C=C(c2ccccc2)S(=O)(=O)c2cccc(O)c21. The molecule has 0 bridgehead atoms. The molecule has 2 aromatic carbocycles. The van der Waals surface area contributed by atoms with Gasteiger partial charge in [-0.15, -0.1) is 0 Å². The lowest BCUT2D eigenvalue weighted by atomic mass is 10.1. The van der Waals surface area contributed by atoms with Gasteiger partial charge in [-0.3, -0.25) is 4.79 Å². The number of hydrogen-bond acceptors (Lipinski definition) is 4. The van der Waals surface area contributed by atoms with Gasteiger partial charge < -0.3 is 5.11 Å². The predicted molar refractivity (Wildman–Crippen MR) is 74.0 cm³/mol. The third-order valence-corrected chi connectivity index (χ3v) is 5.00. The number of benzene rings is 2. The van der Waals surface area contributed by atoms with Crippen LogP contribution in [0.25, 0.3) is 4.91 Å². The fourth-order valence-electron chi connectivity index (χ4n) is 2.22. The monoisotopic (exact) mass is 286 g/mol. The fraction of sp³-hybridized carbons (Fsp3) is 0. The van der Waals surface area contributed by atoms with Crippen LogP contribution in [0.3, 0.4) is 0 Å². The molecule has 0 radical (unpaired) electrons. The van der Waals surface area contributed by atoms with Gasteiger partial charge in [0.1, 0.15) is 5.75 Å². The van der Waals surface area contributed by atoms with Gasteiger partial charge in [0.05, 0.1) is 15.4 Å². The number of ketones is 1. The van der Waals surface area contributed by atoms with Crippen LogP contribution in [0.4, 0.5) is 0 Å². The maximum Gasteiger partial charge on any atom is 0.208 e.